The monoisotopic (exact) mass is 382 g/mol. The van der Waals surface area contributed by atoms with Crippen LogP contribution in [-0.4, -0.2) is 23.5 Å². The highest BCUT2D eigenvalue weighted by molar-refractivity contribution is 5.93. The maximum Gasteiger partial charge on any atom is 0.404 e. The van der Waals surface area contributed by atoms with Crippen molar-refractivity contribution in [3.63, 3.8) is 0 Å². The Morgan fingerprint density at radius 2 is 2.11 bits per heavy atom. The Morgan fingerprint density at radius 1 is 1.29 bits per heavy atom. The van der Waals surface area contributed by atoms with Crippen LogP contribution in [-0.2, 0) is 4.79 Å². The molecule has 0 aliphatic heterocycles. The molecular weight excluding hydrogens is 352 g/mol. The molecule has 0 heterocycles. The first-order valence-electron chi connectivity index (χ1n) is 10.7. The zero-order valence-electron chi connectivity index (χ0n) is 16.7. The van der Waals surface area contributed by atoms with Crippen molar-refractivity contribution in [3.05, 3.63) is 22.8 Å². The number of hydrogen-bond acceptors (Lipinski definition) is 3. The normalized spacial score (nSPS) is 36.7. The molecule has 0 radical (unpaired) electrons. The lowest BCUT2D eigenvalue weighted by atomic mass is 9.51. The van der Waals surface area contributed by atoms with Crippen LogP contribution in [0, 0.1) is 34.0 Å². The van der Waals surface area contributed by atoms with E-state index in [2.05, 4.69) is 18.3 Å². The Bertz CT molecular complexity index is 805. The molecule has 0 aromatic carbocycles. The lowest BCUT2D eigenvalue weighted by Crippen LogP contribution is -2.46. The number of amides is 1. The summed E-state index contributed by atoms with van der Waals surface area (Å²) >= 11 is 0. The maximum absolute atomic E-state index is 11.8. The molecule has 4 atom stereocenters. The molecule has 2 saturated carbocycles. The third-order valence-corrected chi connectivity index (χ3v) is 8.56. The summed E-state index contributed by atoms with van der Waals surface area (Å²) in [5.74, 6) is 1.42. The van der Waals surface area contributed by atoms with E-state index >= 15 is 0 Å². The van der Waals surface area contributed by atoms with Crippen LogP contribution in [0.25, 0.3) is 0 Å². The van der Waals surface area contributed by atoms with E-state index in [1.165, 1.54) is 11.1 Å². The van der Waals surface area contributed by atoms with Crippen molar-refractivity contribution in [2.75, 3.05) is 6.54 Å². The molecule has 0 aromatic rings. The van der Waals surface area contributed by atoms with E-state index in [9.17, 15) is 14.9 Å². The van der Waals surface area contributed by atoms with E-state index in [-0.39, 0.29) is 16.6 Å². The molecule has 2 N–H and O–H groups in total. The number of allylic oxidation sites excluding steroid dienone is 4. The molecule has 150 valence electrons. The third kappa shape index (κ3) is 2.89. The van der Waals surface area contributed by atoms with Gasteiger partial charge in [0.25, 0.3) is 0 Å². The fraction of sp³-hybridized carbons (Fsp3) is 0.696. The summed E-state index contributed by atoms with van der Waals surface area (Å²) in [6, 6.07) is 2.44. The Kier molecular flexibility index (Phi) is 4.85. The first-order chi connectivity index (χ1) is 13.4. The van der Waals surface area contributed by atoms with E-state index < -0.39 is 6.09 Å². The summed E-state index contributed by atoms with van der Waals surface area (Å²) in [7, 11) is 0. The number of carbonyl (C=O) groups excluding carboxylic acids is 1. The molecule has 4 aliphatic rings. The molecule has 28 heavy (non-hydrogen) atoms. The van der Waals surface area contributed by atoms with Gasteiger partial charge in [0.1, 0.15) is 0 Å². The molecule has 5 heteroatoms. The van der Waals surface area contributed by atoms with Crippen molar-refractivity contribution >= 4 is 11.9 Å². The third-order valence-electron chi connectivity index (χ3n) is 8.56. The van der Waals surface area contributed by atoms with Crippen LogP contribution in [0.15, 0.2) is 22.8 Å². The predicted molar refractivity (Wildman–Crippen MR) is 105 cm³/mol. The zero-order valence-corrected chi connectivity index (χ0v) is 16.7. The molecule has 0 aromatic heterocycles. The summed E-state index contributed by atoms with van der Waals surface area (Å²) in [5.41, 5.74) is 4.36. The summed E-state index contributed by atoms with van der Waals surface area (Å²) in [4.78, 5) is 22.8. The van der Waals surface area contributed by atoms with Gasteiger partial charge in [0.05, 0.1) is 6.07 Å². The van der Waals surface area contributed by atoms with Crippen molar-refractivity contribution in [1.82, 2.24) is 5.32 Å². The summed E-state index contributed by atoms with van der Waals surface area (Å²) < 4.78 is 0. The van der Waals surface area contributed by atoms with Crippen molar-refractivity contribution in [2.45, 2.75) is 71.1 Å². The van der Waals surface area contributed by atoms with Crippen LogP contribution in [0.5, 0.6) is 0 Å². The highest BCUT2D eigenvalue weighted by Crippen LogP contribution is 2.68. The van der Waals surface area contributed by atoms with Crippen molar-refractivity contribution in [3.8, 4) is 6.07 Å². The molecule has 5 nitrogen and oxygen atoms in total. The Hall–Kier alpha value is -2.09. The summed E-state index contributed by atoms with van der Waals surface area (Å²) in [6.07, 6.45) is 10.1. The first kappa shape index (κ1) is 19.2. The Balaban J connectivity index is 1.63. The second-order valence-corrected chi connectivity index (χ2v) is 9.44. The quantitative estimate of drug-likeness (QED) is 0.734. The first-order valence-corrected chi connectivity index (χ1v) is 10.7. The van der Waals surface area contributed by atoms with Crippen LogP contribution in [0.4, 0.5) is 4.79 Å². The number of nitrogens with one attached hydrogen (secondary N) is 1. The molecule has 1 amide bonds. The number of hydrogen-bond donors (Lipinski definition) is 2. The van der Waals surface area contributed by atoms with Gasteiger partial charge in [-0.2, -0.15) is 5.26 Å². The number of rotatable bonds is 4. The largest absolute Gasteiger partial charge is 0.465 e. The van der Waals surface area contributed by atoms with Crippen LogP contribution < -0.4 is 5.32 Å². The minimum absolute atomic E-state index is 0.0867. The number of nitriles is 1. The van der Waals surface area contributed by atoms with Crippen LogP contribution >= 0.6 is 0 Å². The number of carboxylic acid groups (broad SMARTS) is 1. The van der Waals surface area contributed by atoms with Gasteiger partial charge in [-0.1, -0.05) is 12.5 Å². The molecule has 2 fully saturated rings. The van der Waals surface area contributed by atoms with E-state index in [0.29, 0.717) is 31.2 Å². The molecule has 2 unspecified atom stereocenters. The lowest BCUT2D eigenvalue weighted by molar-refractivity contribution is -0.114. The van der Waals surface area contributed by atoms with Gasteiger partial charge in [0.15, 0.2) is 5.78 Å². The molecule has 4 rings (SSSR count). The van der Waals surface area contributed by atoms with E-state index in [4.69, 9.17) is 5.11 Å². The average Bonchev–Trinajstić information content (AvgIpc) is 2.94. The van der Waals surface area contributed by atoms with E-state index in [1.54, 1.807) is 5.57 Å². The molecular formula is C23H30N2O3. The van der Waals surface area contributed by atoms with E-state index in [0.717, 1.165) is 51.4 Å². The molecule has 0 bridgehead atoms. The second kappa shape index (κ2) is 7.06. The van der Waals surface area contributed by atoms with Crippen molar-refractivity contribution in [1.29, 1.82) is 5.26 Å². The number of carbonyl (C=O) groups is 2. The average molecular weight is 383 g/mol. The van der Waals surface area contributed by atoms with Gasteiger partial charge in [0, 0.05) is 19.4 Å². The lowest BCUT2D eigenvalue weighted by Gasteiger charge is -2.53. The summed E-state index contributed by atoms with van der Waals surface area (Å²) in [6.45, 7) is 2.80. The Labute approximate surface area is 166 Å². The minimum atomic E-state index is -0.985. The molecule has 0 spiro atoms. The van der Waals surface area contributed by atoms with Crippen LogP contribution in [0.2, 0.25) is 0 Å². The van der Waals surface area contributed by atoms with Gasteiger partial charge in [-0.15, -0.1) is 0 Å². The van der Waals surface area contributed by atoms with Gasteiger partial charge in [-0.3, -0.25) is 4.79 Å². The standard InChI is InChI=1S/C23H30N2O3/c1-22-8-6-18-17-5-3-16(26)14-15(17)2-4-19(18)20(22)7-9-23(22,10-12-24)11-13-25-21(27)28/h14,19-20,25H,2-11,13H2,1H3,(H,27,28)/t19?,20?,22-,23-/m0/s1. The highest BCUT2D eigenvalue weighted by atomic mass is 16.4. The number of fused-ring (bicyclic) bond motifs is 4. The molecule has 4 aliphatic carbocycles. The van der Waals surface area contributed by atoms with Gasteiger partial charge >= 0.3 is 6.09 Å². The van der Waals surface area contributed by atoms with E-state index in [1.807, 2.05) is 6.08 Å². The van der Waals surface area contributed by atoms with Crippen LogP contribution in [0.3, 0.4) is 0 Å². The van der Waals surface area contributed by atoms with Gasteiger partial charge < -0.3 is 10.4 Å². The smallest absolute Gasteiger partial charge is 0.404 e. The fourth-order valence-electron chi connectivity index (χ4n) is 7.11. The van der Waals surface area contributed by atoms with Gasteiger partial charge in [-0.25, -0.2) is 4.79 Å². The SMILES string of the molecule is C[C@]12CCC3=C4CCC(=O)C=C4CCC3C1CC[C@]2(CC#N)CCNC(=O)O. The highest BCUT2D eigenvalue weighted by Gasteiger charge is 2.60. The van der Waals surface area contributed by atoms with Gasteiger partial charge in [-0.05, 0) is 91.3 Å². The van der Waals surface area contributed by atoms with Gasteiger partial charge in [0.2, 0.25) is 0 Å². The van der Waals surface area contributed by atoms with Crippen molar-refractivity contribution < 1.29 is 14.7 Å². The molecule has 0 saturated heterocycles. The maximum atomic E-state index is 11.8. The topological polar surface area (TPSA) is 90.2 Å². The number of ketones is 1. The van der Waals surface area contributed by atoms with Crippen molar-refractivity contribution in [2.24, 2.45) is 22.7 Å². The second-order valence-electron chi connectivity index (χ2n) is 9.44. The zero-order chi connectivity index (χ0) is 19.9. The predicted octanol–water partition coefficient (Wildman–Crippen LogP) is 4.75. The Morgan fingerprint density at radius 3 is 2.86 bits per heavy atom. The number of nitrogens with zero attached hydrogens (tertiary/aromatic N) is 1. The fourth-order valence-corrected chi connectivity index (χ4v) is 7.11. The summed E-state index contributed by atoms with van der Waals surface area (Å²) in [5, 5.41) is 21.1. The minimum Gasteiger partial charge on any atom is -0.465 e. The van der Waals surface area contributed by atoms with Crippen LogP contribution in [0.1, 0.15) is 71.1 Å².